The fourth-order valence-electron chi connectivity index (χ4n) is 2.38. The molecule has 20 heavy (non-hydrogen) atoms. The molecule has 0 saturated heterocycles. The van der Waals surface area contributed by atoms with Gasteiger partial charge in [-0.2, -0.15) is 5.26 Å². The largest absolute Gasteiger partial charge is 0.496 e. The summed E-state index contributed by atoms with van der Waals surface area (Å²) in [6, 6.07) is 6.81. The summed E-state index contributed by atoms with van der Waals surface area (Å²) in [5.74, 6) is 0.288. The summed E-state index contributed by atoms with van der Waals surface area (Å²) in [4.78, 5) is 24.1. The Morgan fingerprint density at radius 3 is 3.00 bits per heavy atom. The average molecular weight is 273 g/mol. The number of benzene rings is 1. The molecule has 0 bridgehead atoms. The number of nitrogens with one attached hydrogen (secondary N) is 1. The first-order chi connectivity index (χ1) is 9.74. The van der Waals surface area contributed by atoms with E-state index in [1.807, 2.05) is 0 Å². The fourth-order valence-corrected chi connectivity index (χ4v) is 2.38. The van der Waals surface area contributed by atoms with Gasteiger partial charge in [0.15, 0.2) is 0 Å². The standard InChI is InChI=1S/C14H15N3O3/c1-20-12-5-2-4-10-11(8-15)17(14(19)13(10)12)7-3-6-16-9-18/h2,4-5,9,11H,3,6-7H2,1H3,(H,16,18). The SMILES string of the molecule is COc1cccc2c1C(=O)N(CCCNC=O)C2C#N. The van der Waals surface area contributed by atoms with Crippen LogP contribution in [-0.2, 0) is 4.79 Å². The number of carbonyl (C=O) groups is 2. The zero-order valence-corrected chi connectivity index (χ0v) is 11.1. The molecule has 0 aliphatic carbocycles. The number of methoxy groups -OCH3 is 1. The van der Waals surface area contributed by atoms with Gasteiger partial charge >= 0.3 is 0 Å². The molecular weight excluding hydrogens is 258 g/mol. The summed E-state index contributed by atoms with van der Waals surface area (Å²) in [5, 5.41) is 11.8. The van der Waals surface area contributed by atoms with Gasteiger partial charge in [-0.15, -0.1) is 0 Å². The van der Waals surface area contributed by atoms with Crippen molar-refractivity contribution >= 4 is 12.3 Å². The van der Waals surface area contributed by atoms with E-state index in [-0.39, 0.29) is 5.91 Å². The van der Waals surface area contributed by atoms with E-state index in [4.69, 9.17) is 4.74 Å². The third-order valence-electron chi connectivity index (χ3n) is 3.29. The van der Waals surface area contributed by atoms with Crippen LogP contribution in [0.4, 0.5) is 0 Å². The van der Waals surface area contributed by atoms with E-state index < -0.39 is 6.04 Å². The number of rotatable bonds is 6. The van der Waals surface area contributed by atoms with Crippen LogP contribution in [0.2, 0.25) is 0 Å². The summed E-state index contributed by atoms with van der Waals surface area (Å²) < 4.78 is 5.20. The zero-order chi connectivity index (χ0) is 14.5. The molecule has 1 aromatic carbocycles. The van der Waals surface area contributed by atoms with Crippen LogP contribution in [0.5, 0.6) is 5.75 Å². The lowest BCUT2D eigenvalue weighted by Gasteiger charge is -2.19. The maximum Gasteiger partial charge on any atom is 0.259 e. The smallest absolute Gasteiger partial charge is 0.259 e. The average Bonchev–Trinajstić information content (AvgIpc) is 2.76. The van der Waals surface area contributed by atoms with Crippen LogP contribution in [0.1, 0.15) is 28.4 Å². The predicted molar refractivity (Wildman–Crippen MR) is 71.1 cm³/mol. The van der Waals surface area contributed by atoms with Gasteiger partial charge in [0.2, 0.25) is 6.41 Å². The third-order valence-corrected chi connectivity index (χ3v) is 3.29. The van der Waals surface area contributed by atoms with Crippen molar-refractivity contribution in [1.82, 2.24) is 10.2 Å². The number of hydrogen-bond donors (Lipinski definition) is 1. The number of fused-ring (bicyclic) bond motifs is 1. The van der Waals surface area contributed by atoms with E-state index in [0.717, 1.165) is 0 Å². The zero-order valence-electron chi connectivity index (χ0n) is 11.1. The van der Waals surface area contributed by atoms with Gasteiger partial charge < -0.3 is 15.0 Å². The van der Waals surface area contributed by atoms with Crippen LogP contribution < -0.4 is 10.1 Å². The molecule has 1 aliphatic heterocycles. The Bertz CT molecular complexity index is 565. The molecule has 0 fully saturated rings. The lowest BCUT2D eigenvalue weighted by molar-refractivity contribution is -0.109. The molecule has 1 aromatic rings. The number of amides is 2. The minimum Gasteiger partial charge on any atom is -0.496 e. The molecule has 1 heterocycles. The maximum atomic E-state index is 12.4. The minimum absolute atomic E-state index is 0.199. The molecule has 0 aromatic heterocycles. The molecule has 0 saturated carbocycles. The van der Waals surface area contributed by atoms with Crippen molar-refractivity contribution in [2.45, 2.75) is 12.5 Å². The lowest BCUT2D eigenvalue weighted by Crippen LogP contribution is -2.30. The Labute approximate surface area is 116 Å². The van der Waals surface area contributed by atoms with E-state index in [9.17, 15) is 14.9 Å². The predicted octanol–water partition coefficient (Wildman–Crippen LogP) is 0.852. The van der Waals surface area contributed by atoms with Crippen molar-refractivity contribution in [1.29, 1.82) is 5.26 Å². The molecule has 2 amide bonds. The van der Waals surface area contributed by atoms with Gasteiger partial charge in [-0.3, -0.25) is 9.59 Å². The first kappa shape index (κ1) is 13.9. The second-order valence-electron chi connectivity index (χ2n) is 4.38. The monoisotopic (exact) mass is 273 g/mol. The maximum absolute atomic E-state index is 12.4. The van der Waals surface area contributed by atoms with Crippen LogP contribution >= 0.6 is 0 Å². The van der Waals surface area contributed by atoms with Crippen LogP contribution in [0.15, 0.2) is 18.2 Å². The fraction of sp³-hybridized carbons (Fsp3) is 0.357. The third kappa shape index (κ3) is 2.30. The van der Waals surface area contributed by atoms with Crippen molar-refractivity contribution in [2.75, 3.05) is 20.2 Å². The van der Waals surface area contributed by atoms with Crippen LogP contribution in [0.25, 0.3) is 0 Å². The molecule has 6 heteroatoms. The van der Waals surface area contributed by atoms with Crippen LogP contribution in [0, 0.1) is 11.3 Å². The molecule has 1 aliphatic rings. The van der Waals surface area contributed by atoms with E-state index in [1.165, 1.54) is 12.0 Å². The van der Waals surface area contributed by atoms with Gasteiger partial charge in [0, 0.05) is 18.7 Å². The molecule has 0 radical (unpaired) electrons. The molecule has 0 spiro atoms. The second-order valence-corrected chi connectivity index (χ2v) is 4.38. The van der Waals surface area contributed by atoms with Gasteiger partial charge in [0.1, 0.15) is 11.8 Å². The Morgan fingerprint density at radius 2 is 2.35 bits per heavy atom. The van der Waals surface area contributed by atoms with Crippen molar-refractivity contribution in [2.24, 2.45) is 0 Å². The van der Waals surface area contributed by atoms with Gasteiger partial charge in [-0.1, -0.05) is 12.1 Å². The van der Waals surface area contributed by atoms with Gasteiger partial charge in [-0.25, -0.2) is 0 Å². The number of hydrogen-bond acceptors (Lipinski definition) is 4. The normalized spacial score (nSPS) is 16.5. The lowest BCUT2D eigenvalue weighted by atomic mass is 10.0. The summed E-state index contributed by atoms with van der Waals surface area (Å²) >= 11 is 0. The first-order valence-corrected chi connectivity index (χ1v) is 6.29. The molecule has 6 nitrogen and oxygen atoms in total. The van der Waals surface area contributed by atoms with Crippen molar-refractivity contribution in [3.63, 3.8) is 0 Å². The number of nitriles is 1. The highest BCUT2D eigenvalue weighted by molar-refractivity contribution is 6.02. The van der Waals surface area contributed by atoms with E-state index >= 15 is 0 Å². The van der Waals surface area contributed by atoms with E-state index in [1.54, 1.807) is 18.2 Å². The first-order valence-electron chi connectivity index (χ1n) is 6.29. The van der Waals surface area contributed by atoms with Crippen LogP contribution in [-0.4, -0.2) is 37.4 Å². The Hall–Kier alpha value is -2.55. The molecule has 104 valence electrons. The molecule has 1 N–H and O–H groups in total. The Morgan fingerprint density at radius 1 is 1.55 bits per heavy atom. The minimum atomic E-state index is -0.594. The molecule has 2 rings (SSSR count). The van der Waals surface area contributed by atoms with Crippen molar-refractivity contribution < 1.29 is 14.3 Å². The van der Waals surface area contributed by atoms with Crippen LogP contribution in [0.3, 0.4) is 0 Å². The Kier molecular flexibility index (Phi) is 4.20. The number of nitrogens with zero attached hydrogens (tertiary/aromatic N) is 2. The summed E-state index contributed by atoms with van der Waals surface area (Å²) in [7, 11) is 1.50. The van der Waals surface area contributed by atoms with E-state index in [2.05, 4.69) is 11.4 Å². The summed E-state index contributed by atoms with van der Waals surface area (Å²) in [6.07, 6.45) is 1.21. The summed E-state index contributed by atoms with van der Waals surface area (Å²) in [5.41, 5.74) is 1.14. The Balaban J connectivity index is 2.23. The number of carbonyl (C=O) groups excluding carboxylic acids is 2. The molecule has 1 unspecified atom stereocenters. The quantitative estimate of drug-likeness (QED) is 0.615. The topological polar surface area (TPSA) is 82.4 Å². The van der Waals surface area contributed by atoms with Gasteiger partial charge in [-0.05, 0) is 12.5 Å². The molecular formula is C14H15N3O3. The highest BCUT2D eigenvalue weighted by Crippen LogP contribution is 2.38. The summed E-state index contributed by atoms with van der Waals surface area (Å²) in [6.45, 7) is 0.884. The highest BCUT2D eigenvalue weighted by Gasteiger charge is 2.38. The van der Waals surface area contributed by atoms with Gasteiger partial charge in [0.25, 0.3) is 5.91 Å². The molecule has 1 atom stereocenters. The second kappa shape index (κ2) is 6.06. The van der Waals surface area contributed by atoms with Crippen molar-refractivity contribution in [3.05, 3.63) is 29.3 Å². The number of ether oxygens (including phenoxy) is 1. The highest BCUT2D eigenvalue weighted by atomic mass is 16.5. The van der Waals surface area contributed by atoms with Crippen molar-refractivity contribution in [3.8, 4) is 11.8 Å². The van der Waals surface area contributed by atoms with E-state index in [0.29, 0.717) is 42.8 Å². The van der Waals surface area contributed by atoms with Gasteiger partial charge in [0.05, 0.1) is 18.7 Å².